The van der Waals surface area contributed by atoms with Gasteiger partial charge < -0.3 is 10.6 Å². The molecule has 0 spiro atoms. The zero-order valence-electron chi connectivity index (χ0n) is 8.57. The van der Waals surface area contributed by atoms with Gasteiger partial charge in [0.2, 0.25) is 5.95 Å². The SMILES string of the molecule is Cc1cccc2nc(NC3CNC3)nn12. The van der Waals surface area contributed by atoms with Crippen molar-refractivity contribution in [2.45, 2.75) is 13.0 Å². The fraction of sp³-hybridized carbons (Fsp3) is 0.400. The Morgan fingerprint density at radius 1 is 1.47 bits per heavy atom. The predicted octanol–water partition coefficient (Wildman–Crippen LogP) is 0.421. The smallest absolute Gasteiger partial charge is 0.243 e. The van der Waals surface area contributed by atoms with Crippen molar-refractivity contribution in [3.8, 4) is 0 Å². The minimum Gasteiger partial charge on any atom is -0.348 e. The third kappa shape index (κ3) is 1.45. The Balaban J connectivity index is 1.95. The Hall–Kier alpha value is -1.62. The lowest BCUT2D eigenvalue weighted by Gasteiger charge is -2.27. The van der Waals surface area contributed by atoms with Crippen LogP contribution in [0.2, 0.25) is 0 Å². The van der Waals surface area contributed by atoms with Crippen LogP contribution in [0.4, 0.5) is 5.95 Å². The molecule has 1 saturated heterocycles. The molecule has 0 saturated carbocycles. The topological polar surface area (TPSA) is 54.2 Å². The van der Waals surface area contributed by atoms with Gasteiger partial charge in [-0.2, -0.15) is 4.98 Å². The quantitative estimate of drug-likeness (QED) is 0.742. The number of aryl methyl sites for hydroxylation is 1. The van der Waals surface area contributed by atoms with Gasteiger partial charge in [-0.05, 0) is 19.1 Å². The normalized spacial score (nSPS) is 16.6. The third-order valence-electron chi connectivity index (χ3n) is 2.66. The summed E-state index contributed by atoms with van der Waals surface area (Å²) in [5.74, 6) is 0.718. The van der Waals surface area contributed by atoms with Gasteiger partial charge in [0.25, 0.3) is 0 Å². The molecule has 78 valence electrons. The van der Waals surface area contributed by atoms with Crippen LogP contribution in [-0.4, -0.2) is 33.7 Å². The second kappa shape index (κ2) is 3.20. The summed E-state index contributed by atoms with van der Waals surface area (Å²) in [6.07, 6.45) is 0. The average Bonchev–Trinajstić information content (AvgIpc) is 2.56. The van der Waals surface area contributed by atoms with Gasteiger partial charge in [0.15, 0.2) is 5.65 Å². The first-order valence-corrected chi connectivity index (χ1v) is 5.12. The molecule has 0 aliphatic carbocycles. The zero-order valence-corrected chi connectivity index (χ0v) is 8.57. The van der Waals surface area contributed by atoms with Crippen LogP contribution in [0.25, 0.3) is 5.65 Å². The Morgan fingerprint density at radius 2 is 2.33 bits per heavy atom. The molecular weight excluding hydrogens is 190 g/mol. The molecule has 1 fully saturated rings. The summed E-state index contributed by atoms with van der Waals surface area (Å²) in [5.41, 5.74) is 1.99. The second-order valence-electron chi connectivity index (χ2n) is 3.87. The maximum absolute atomic E-state index is 4.41. The van der Waals surface area contributed by atoms with Crippen molar-refractivity contribution in [2.24, 2.45) is 0 Å². The number of aromatic nitrogens is 3. The molecule has 0 radical (unpaired) electrons. The summed E-state index contributed by atoms with van der Waals surface area (Å²) in [7, 11) is 0. The van der Waals surface area contributed by atoms with Crippen molar-refractivity contribution in [3.05, 3.63) is 23.9 Å². The van der Waals surface area contributed by atoms with Gasteiger partial charge in [-0.1, -0.05) is 6.07 Å². The summed E-state index contributed by atoms with van der Waals surface area (Å²) in [5, 5.41) is 10.9. The van der Waals surface area contributed by atoms with Crippen molar-refractivity contribution in [1.82, 2.24) is 19.9 Å². The molecule has 2 aromatic rings. The Bertz CT molecular complexity index is 486. The molecule has 0 bridgehead atoms. The first-order valence-electron chi connectivity index (χ1n) is 5.12. The van der Waals surface area contributed by atoms with Crippen LogP contribution in [0.1, 0.15) is 5.69 Å². The second-order valence-corrected chi connectivity index (χ2v) is 3.87. The molecule has 1 aliphatic rings. The molecule has 2 N–H and O–H groups in total. The summed E-state index contributed by atoms with van der Waals surface area (Å²) >= 11 is 0. The maximum atomic E-state index is 4.41. The van der Waals surface area contributed by atoms with Gasteiger partial charge in [-0.15, -0.1) is 5.10 Å². The molecule has 0 aromatic carbocycles. The van der Waals surface area contributed by atoms with Crippen molar-refractivity contribution in [1.29, 1.82) is 0 Å². The number of pyridine rings is 1. The monoisotopic (exact) mass is 203 g/mol. The van der Waals surface area contributed by atoms with Crippen molar-refractivity contribution in [3.63, 3.8) is 0 Å². The van der Waals surface area contributed by atoms with Crippen LogP contribution in [0.15, 0.2) is 18.2 Å². The van der Waals surface area contributed by atoms with E-state index in [-0.39, 0.29) is 0 Å². The van der Waals surface area contributed by atoms with E-state index in [9.17, 15) is 0 Å². The molecule has 15 heavy (non-hydrogen) atoms. The molecule has 0 unspecified atom stereocenters. The van der Waals surface area contributed by atoms with Crippen molar-refractivity contribution >= 4 is 11.6 Å². The fourth-order valence-electron chi connectivity index (χ4n) is 1.67. The number of nitrogens with zero attached hydrogens (tertiary/aromatic N) is 3. The molecule has 5 heteroatoms. The molecular formula is C10H13N5. The van der Waals surface area contributed by atoms with E-state index in [1.807, 2.05) is 29.6 Å². The summed E-state index contributed by atoms with van der Waals surface area (Å²) in [6.45, 7) is 4.01. The number of rotatable bonds is 2. The van der Waals surface area contributed by atoms with Crippen LogP contribution in [-0.2, 0) is 0 Å². The van der Waals surface area contributed by atoms with Gasteiger partial charge in [0, 0.05) is 18.8 Å². The van der Waals surface area contributed by atoms with Crippen LogP contribution in [0.5, 0.6) is 0 Å². The molecule has 3 heterocycles. The van der Waals surface area contributed by atoms with E-state index in [4.69, 9.17) is 0 Å². The van der Waals surface area contributed by atoms with Crippen LogP contribution < -0.4 is 10.6 Å². The summed E-state index contributed by atoms with van der Waals surface area (Å²) < 4.78 is 1.86. The number of fused-ring (bicyclic) bond motifs is 1. The lowest BCUT2D eigenvalue weighted by molar-refractivity contribution is 0.470. The van der Waals surface area contributed by atoms with E-state index in [0.29, 0.717) is 6.04 Å². The number of nitrogens with one attached hydrogen (secondary N) is 2. The highest BCUT2D eigenvalue weighted by Gasteiger charge is 2.17. The van der Waals surface area contributed by atoms with Crippen molar-refractivity contribution in [2.75, 3.05) is 18.4 Å². The Kier molecular flexibility index (Phi) is 1.85. The minimum atomic E-state index is 0.475. The number of hydrogen-bond donors (Lipinski definition) is 2. The number of hydrogen-bond acceptors (Lipinski definition) is 4. The maximum Gasteiger partial charge on any atom is 0.243 e. The largest absolute Gasteiger partial charge is 0.348 e. The first-order chi connectivity index (χ1) is 7.33. The standard InChI is InChI=1S/C10H13N5/c1-7-3-2-4-9-13-10(14-15(7)9)12-8-5-11-6-8/h2-4,8,11H,5-6H2,1H3,(H,12,14). The van der Waals surface area contributed by atoms with Gasteiger partial charge in [-0.3, -0.25) is 0 Å². The zero-order chi connectivity index (χ0) is 10.3. The van der Waals surface area contributed by atoms with Crippen LogP contribution >= 0.6 is 0 Å². The van der Waals surface area contributed by atoms with E-state index < -0.39 is 0 Å². The summed E-state index contributed by atoms with van der Waals surface area (Å²) in [4.78, 5) is 4.41. The molecule has 5 nitrogen and oxygen atoms in total. The van der Waals surface area contributed by atoms with Gasteiger partial charge >= 0.3 is 0 Å². The van der Waals surface area contributed by atoms with E-state index in [1.165, 1.54) is 0 Å². The van der Waals surface area contributed by atoms with Gasteiger partial charge in [0.05, 0.1) is 6.04 Å². The van der Waals surface area contributed by atoms with Gasteiger partial charge in [0.1, 0.15) is 0 Å². The highest BCUT2D eigenvalue weighted by molar-refractivity contribution is 5.44. The molecule has 3 rings (SSSR count). The van der Waals surface area contributed by atoms with E-state index in [2.05, 4.69) is 20.7 Å². The highest BCUT2D eigenvalue weighted by Crippen LogP contribution is 2.09. The van der Waals surface area contributed by atoms with Gasteiger partial charge in [-0.25, -0.2) is 4.52 Å². The summed E-state index contributed by atoms with van der Waals surface area (Å²) in [6, 6.07) is 6.46. The van der Waals surface area contributed by atoms with E-state index in [0.717, 1.165) is 30.4 Å². The molecule has 0 atom stereocenters. The Morgan fingerprint density at radius 3 is 3.00 bits per heavy atom. The molecule has 2 aromatic heterocycles. The van der Waals surface area contributed by atoms with Crippen molar-refractivity contribution < 1.29 is 0 Å². The van der Waals surface area contributed by atoms with Crippen LogP contribution in [0, 0.1) is 6.92 Å². The van der Waals surface area contributed by atoms with Crippen LogP contribution in [0.3, 0.4) is 0 Å². The Labute approximate surface area is 87.5 Å². The molecule has 1 aliphatic heterocycles. The van der Waals surface area contributed by atoms with E-state index in [1.54, 1.807) is 0 Å². The minimum absolute atomic E-state index is 0.475. The highest BCUT2D eigenvalue weighted by atomic mass is 15.4. The third-order valence-corrected chi connectivity index (χ3v) is 2.66. The average molecular weight is 203 g/mol. The lowest BCUT2D eigenvalue weighted by Crippen LogP contribution is -2.51. The predicted molar refractivity (Wildman–Crippen MR) is 58.0 cm³/mol. The number of anilines is 1. The fourth-order valence-corrected chi connectivity index (χ4v) is 1.67. The molecule has 0 amide bonds. The van der Waals surface area contributed by atoms with E-state index >= 15 is 0 Å². The first kappa shape index (κ1) is 8.67. The lowest BCUT2D eigenvalue weighted by atomic mass is 10.2.